The maximum Gasteiger partial charge on any atom is 0.182 e. The lowest BCUT2D eigenvalue weighted by molar-refractivity contribution is 0.134. The molecule has 0 spiro atoms. The summed E-state index contributed by atoms with van der Waals surface area (Å²) in [6, 6.07) is 6.15. The Morgan fingerprint density at radius 3 is 2.81 bits per heavy atom. The van der Waals surface area contributed by atoms with Crippen molar-refractivity contribution in [3.63, 3.8) is 0 Å². The summed E-state index contributed by atoms with van der Waals surface area (Å²) in [5.41, 5.74) is 9.10. The number of ether oxygens (including phenoxy) is 1. The number of benzene rings is 1. The number of nitrogens with zero attached hydrogens (tertiary/aromatic N) is 1. The fourth-order valence-corrected chi connectivity index (χ4v) is 2.29. The van der Waals surface area contributed by atoms with Crippen LogP contribution in [0.15, 0.2) is 22.7 Å². The summed E-state index contributed by atoms with van der Waals surface area (Å²) < 4.78 is 11.4. The lowest BCUT2D eigenvalue weighted by Crippen LogP contribution is -1.87. The van der Waals surface area contributed by atoms with Crippen molar-refractivity contribution in [2.45, 2.75) is 13.2 Å². The Morgan fingerprint density at radius 2 is 2.06 bits per heavy atom. The zero-order chi connectivity index (χ0) is 11.1. The van der Waals surface area contributed by atoms with Crippen LogP contribution in [0.4, 0.5) is 5.82 Å². The zero-order valence-electron chi connectivity index (χ0n) is 8.37. The minimum absolute atomic E-state index is 0.437. The van der Waals surface area contributed by atoms with Crippen LogP contribution in [-0.2, 0) is 18.0 Å². The third-order valence-electron chi connectivity index (χ3n) is 2.64. The van der Waals surface area contributed by atoms with E-state index >= 15 is 0 Å². The molecule has 2 aromatic rings. The van der Waals surface area contributed by atoms with Gasteiger partial charge in [0, 0.05) is 5.56 Å². The maximum atomic E-state index is 5.65. The van der Waals surface area contributed by atoms with E-state index in [1.165, 1.54) is 11.1 Å². The lowest BCUT2D eigenvalue weighted by atomic mass is 10.1. The maximum absolute atomic E-state index is 5.65. The van der Waals surface area contributed by atoms with Gasteiger partial charge in [-0.1, -0.05) is 17.3 Å². The largest absolute Gasteiger partial charge is 0.380 e. The first-order valence-corrected chi connectivity index (χ1v) is 5.94. The SMILES string of the molecule is Nc1noc(-c2ccc3c(c2)COC3)c1I. The second-order valence-electron chi connectivity index (χ2n) is 3.69. The Labute approximate surface area is 106 Å². The molecule has 1 aromatic carbocycles. The molecule has 0 saturated carbocycles. The highest BCUT2D eigenvalue weighted by Gasteiger charge is 2.16. The van der Waals surface area contributed by atoms with Crippen LogP contribution in [0.5, 0.6) is 0 Å². The van der Waals surface area contributed by atoms with Gasteiger partial charge in [-0.3, -0.25) is 0 Å². The van der Waals surface area contributed by atoms with E-state index in [2.05, 4.69) is 39.9 Å². The van der Waals surface area contributed by atoms with Crippen LogP contribution in [0.1, 0.15) is 11.1 Å². The molecule has 82 valence electrons. The number of fused-ring (bicyclic) bond motifs is 1. The van der Waals surface area contributed by atoms with E-state index in [0.717, 1.165) is 14.9 Å². The molecule has 3 rings (SSSR count). The van der Waals surface area contributed by atoms with Gasteiger partial charge < -0.3 is 15.0 Å². The first-order valence-electron chi connectivity index (χ1n) is 4.86. The molecule has 16 heavy (non-hydrogen) atoms. The lowest BCUT2D eigenvalue weighted by Gasteiger charge is -2.00. The van der Waals surface area contributed by atoms with Crippen molar-refractivity contribution < 1.29 is 9.26 Å². The van der Waals surface area contributed by atoms with E-state index in [1.807, 2.05) is 6.07 Å². The van der Waals surface area contributed by atoms with Gasteiger partial charge in [-0.15, -0.1) is 0 Å². The minimum Gasteiger partial charge on any atom is -0.380 e. The van der Waals surface area contributed by atoms with Crippen molar-refractivity contribution in [3.05, 3.63) is 32.9 Å². The average molecular weight is 328 g/mol. The van der Waals surface area contributed by atoms with Crippen molar-refractivity contribution in [2.75, 3.05) is 5.73 Å². The van der Waals surface area contributed by atoms with Crippen LogP contribution in [-0.4, -0.2) is 5.16 Å². The molecule has 1 aromatic heterocycles. The summed E-state index contributed by atoms with van der Waals surface area (Å²) in [5, 5.41) is 3.75. The first-order chi connectivity index (χ1) is 7.75. The van der Waals surface area contributed by atoms with Crippen molar-refractivity contribution in [2.24, 2.45) is 0 Å². The summed E-state index contributed by atoms with van der Waals surface area (Å²) in [6.45, 7) is 1.37. The number of aromatic nitrogens is 1. The summed E-state index contributed by atoms with van der Waals surface area (Å²) in [5.74, 6) is 1.17. The highest BCUT2D eigenvalue weighted by Crippen LogP contribution is 2.31. The number of anilines is 1. The smallest absolute Gasteiger partial charge is 0.182 e. The first kappa shape index (κ1) is 10.1. The van der Waals surface area contributed by atoms with Crippen molar-refractivity contribution in [1.82, 2.24) is 5.16 Å². The van der Waals surface area contributed by atoms with Crippen LogP contribution in [0.25, 0.3) is 11.3 Å². The fraction of sp³-hybridized carbons (Fsp3) is 0.182. The third-order valence-corrected chi connectivity index (χ3v) is 3.69. The normalized spacial score (nSPS) is 14.1. The van der Waals surface area contributed by atoms with E-state index in [9.17, 15) is 0 Å². The molecule has 4 nitrogen and oxygen atoms in total. The van der Waals surface area contributed by atoms with Crippen LogP contribution in [0.3, 0.4) is 0 Å². The molecule has 0 bridgehead atoms. The van der Waals surface area contributed by atoms with E-state index in [-0.39, 0.29) is 0 Å². The van der Waals surface area contributed by atoms with E-state index in [1.54, 1.807) is 0 Å². The summed E-state index contributed by atoms with van der Waals surface area (Å²) in [4.78, 5) is 0. The molecule has 0 atom stereocenters. The van der Waals surface area contributed by atoms with Gasteiger partial charge >= 0.3 is 0 Å². The topological polar surface area (TPSA) is 61.3 Å². The number of hydrogen-bond donors (Lipinski definition) is 1. The van der Waals surface area contributed by atoms with Crippen LogP contribution in [0, 0.1) is 3.57 Å². The van der Waals surface area contributed by atoms with E-state index in [4.69, 9.17) is 15.0 Å². The van der Waals surface area contributed by atoms with Crippen LogP contribution >= 0.6 is 22.6 Å². The molecule has 1 aliphatic heterocycles. The second-order valence-corrected chi connectivity index (χ2v) is 4.77. The molecule has 0 aliphatic carbocycles. The number of hydrogen-bond acceptors (Lipinski definition) is 4. The predicted octanol–water partition coefficient (Wildman–Crippen LogP) is 2.56. The van der Waals surface area contributed by atoms with Gasteiger partial charge in [0.05, 0.1) is 13.2 Å². The number of nitrogen functional groups attached to an aromatic ring is 1. The number of halogens is 1. The molecule has 1 aliphatic rings. The highest BCUT2D eigenvalue weighted by atomic mass is 127. The van der Waals surface area contributed by atoms with Crippen molar-refractivity contribution >= 4 is 28.4 Å². The van der Waals surface area contributed by atoms with Gasteiger partial charge in [0.2, 0.25) is 0 Å². The molecule has 2 N–H and O–H groups in total. The van der Waals surface area contributed by atoms with Crippen molar-refractivity contribution in [1.29, 1.82) is 0 Å². The zero-order valence-corrected chi connectivity index (χ0v) is 10.5. The molecule has 0 fully saturated rings. The second kappa shape index (κ2) is 3.74. The van der Waals surface area contributed by atoms with Crippen LogP contribution in [0.2, 0.25) is 0 Å². The minimum atomic E-state index is 0.437. The molecule has 0 unspecified atom stereocenters. The number of nitrogens with two attached hydrogens (primary N) is 1. The standard InChI is InChI=1S/C11H9IN2O2/c12-9-10(16-14-11(9)13)6-1-2-7-4-15-5-8(7)3-6/h1-3H,4-5H2,(H2,13,14). The molecular weight excluding hydrogens is 319 g/mol. The van der Waals surface area contributed by atoms with Gasteiger partial charge in [-0.2, -0.15) is 0 Å². The Morgan fingerprint density at radius 1 is 1.25 bits per heavy atom. The van der Waals surface area contributed by atoms with Gasteiger partial charge in [0.15, 0.2) is 11.6 Å². The molecule has 0 radical (unpaired) electrons. The Kier molecular flexibility index (Phi) is 2.36. The molecule has 0 amide bonds. The van der Waals surface area contributed by atoms with Gasteiger partial charge in [-0.05, 0) is 39.8 Å². The summed E-state index contributed by atoms with van der Waals surface area (Å²) >= 11 is 2.14. The average Bonchev–Trinajstić information content (AvgIpc) is 2.86. The predicted molar refractivity (Wildman–Crippen MR) is 67.6 cm³/mol. The van der Waals surface area contributed by atoms with Crippen molar-refractivity contribution in [3.8, 4) is 11.3 Å². The molecule has 0 saturated heterocycles. The molecular formula is C11H9IN2O2. The Balaban J connectivity index is 2.10. The summed E-state index contributed by atoms with van der Waals surface area (Å²) in [7, 11) is 0. The van der Waals surface area contributed by atoms with Crippen LogP contribution < -0.4 is 5.73 Å². The number of rotatable bonds is 1. The fourth-order valence-electron chi connectivity index (χ4n) is 1.78. The Hall–Kier alpha value is -1.08. The van der Waals surface area contributed by atoms with Gasteiger partial charge in [-0.25, -0.2) is 0 Å². The molecule has 5 heteroatoms. The monoisotopic (exact) mass is 328 g/mol. The molecule has 2 heterocycles. The highest BCUT2D eigenvalue weighted by molar-refractivity contribution is 14.1. The van der Waals surface area contributed by atoms with E-state index < -0.39 is 0 Å². The van der Waals surface area contributed by atoms with Gasteiger partial charge in [0.1, 0.15) is 3.57 Å². The quantitative estimate of drug-likeness (QED) is 0.818. The van der Waals surface area contributed by atoms with Gasteiger partial charge in [0.25, 0.3) is 0 Å². The summed E-state index contributed by atoms with van der Waals surface area (Å²) in [6.07, 6.45) is 0. The van der Waals surface area contributed by atoms with E-state index in [0.29, 0.717) is 19.0 Å². The third kappa shape index (κ3) is 1.51. The Bertz CT molecular complexity index is 551.